The molecule has 4 nitrogen and oxygen atoms in total. The summed E-state index contributed by atoms with van der Waals surface area (Å²) in [6, 6.07) is 14.9. The zero-order chi connectivity index (χ0) is 17.4. The zero-order valence-corrected chi connectivity index (χ0v) is 14.5. The standard InChI is InChI=1S/C20H17NO3S/c1-24-15-8-4-13(5-9-15)17-11-25-20-16(10-18(23)21-19(17)20)12-2-6-14(22)7-3-12/h2-9,11,16,22H,10H2,1H3,(H,21,23)/t16-/m0/s1. The average molecular weight is 351 g/mol. The number of rotatable bonds is 3. The molecule has 0 spiro atoms. The lowest BCUT2D eigenvalue weighted by Gasteiger charge is -2.24. The van der Waals surface area contributed by atoms with Crippen molar-refractivity contribution in [2.24, 2.45) is 0 Å². The highest BCUT2D eigenvalue weighted by molar-refractivity contribution is 7.11. The van der Waals surface area contributed by atoms with E-state index < -0.39 is 0 Å². The Bertz CT molecular complexity index is 913. The second-order valence-electron chi connectivity index (χ2n) is 6.01. The number of fused-ring (bicyclic) bond motifs is 1. The number of methoxy groups -OCH3 is 1. The third kappa shape index (κ3) is 2.87. The molecule has 1 atom stereocenters. The van der Waals surface area contributed by atoms with Crippen molar-refractivity contribution in [2.45, 2.75) is 12.3 Å². The molecular formula is C20H17NO3S. The number of benzene rings is 2. The fourth-order valence-electron chi connectivity index (χ4n) is 3.19. The van der Waals surface area contributed by atoms with Crippen LogP contribution in [0.3, 0.4) is 0 Å². The maximum Gasteiger partial charge on any atom is 0.225 e. The van der Waals surface area contributed by atoms with Crippen LogP contribution in [-0.4, -0.2) is 18.1 Å². The minimum Gasteiger partial charge on any atom is -0.508 e. The predicted octanol–water partition coefficient (Wildman–Crippen LogP) is 4.60. The fourth-order valence-corrected chi connectivity index (χ4v) is 4.35. The quantitative estimate of drug-likeness (QED) is 0.725. The Hall–Kier alpha value is -2.79. The molecule has 3 aromatic rings. The summed E-state index contributed by atoms with van der Waals surface area (Å²) in [7, 11) is 1.64. The van der Waals surface area contributed by atoms with E-state index in [4.69, 9.17) is 4.74 Å². The van der Waals surface area contributed by atoms with Gasteiger partial charge in [-0.15, -0.1) is 11.3 Å². The van der Waals surface area contributed by atoms with Crippen molar-refractivity contribution in [1.29, 1.82) is 0 Å². The van der Waals surface area contributed by atoms with E-state index >= 15 is 0 Å². The van der Waals surface area contributed by atoms with Crippen LogP contribution in [0.25, 0.3) is 11.1 Å². The van der Waals surface area contributed by atoms with Crippen molar-refractivity contribution in [1.82, 2.24) is 0 Å². The molecule has 0 bridgehead atoms. The van der Waals surface area contributed by atoms with Gasteiger partial charge in [0.15, 0.2) is 0 Å². The maximum atomic E-state index is 12.3. The molecule has 0 radical (unpaired) electrons. The molecule has 4 rings (SSSR count). The van der Waals surface area contributed by atoms with Gasteiger partial charge in [0.25, 0.3) is 0 Å². The lowest BCUT2D eigenvalue weighted by molar-refractivity contribution is -0.116. The van der Waals surface area contributed by atoms with Gasteiger partial charge in [0.1, 0.15) is 11.5 Å². The molecule has 2 aromatic carbocycles. The Labute approximate surface area is 149 Å². The number of carbonyl (C=O) groups excluding carboxylic acids is 1. The van der Waals surface area contributed by atoms with E-state index in [0.29, 0.717) is 6.42 Å². The highest BCUT2D eigenvalue weighted by Crippen LogP contribution is 2.46. The van der Waals surface area contributed by atoms with E-state index in [0.717, 1.165) is 33.0 Å². The molecule has 0 unspecified atom stereocenters. The smallest absolute Gasteiger partial charge is 0.225 e. The molecule has 1 aliphatic heterocycles. The molecule has 2 N–H and O–H groups in total. The first-order chi connectivity index (χ1) is 12.2. The lowest BCUT2D eigenvalue weighted by Crippen LogP contribution is -2.22. The monoisotopic (exact) mass is 351 g/mol. The van der Waals surface area contributed by atoms with E-state index in [-0.39, 0.29) is 17.6 Å². The van der Waals surface area contributed by atoms with E-state index in [1.807, 2.05) is 36.4 Å². The Morgan fingerprint density at radius 1 is 1.12 bits per heavy atom. The minimum absolute atomic E-state index is 0.0127. The summed E-state index contributed by atoms with van der Waals surface area (Å²) in [6.07, 6.45) is 0.417. The predicted molar refractivity (Wildman–Crippen MR) is 99.5 cm³/mol. The van der Waals surface area contributed by atoms with Gasteiger partial charge in [-0.1, -0.05) is 24.3 Å². The zero-order valence-electron chi connectivity index (χ0n) is 13.7. The summed E-state index contributed by atoms with van der Waals surface area (Å²) in [6.45, 7) is 0. The van der Waals surface area contributed by atoms with Crippen LogP contribution in [0.2, 0.25) is 0 Å². The Morgan fingerprint density at radius 3 is 2.52 bits per heavy atom. The Kier molecular flexibility index (Phi) is 3.93. The van der Waals surface area contributed by atoms with Gasteiger partial charge < -0.3 is 15.2 Å². The number of carbonyl (C=O) groups is 1. The van der Waals surface area contributed by atoms with Crippen LogP contribution in [0.4, 0.5) is 5.69 Å². The van der Waals surface area contributed by atoms with Crippen molar-refractivity contribution >= 4 is 22.9 Å². The number of hydrogen-bond acceptors (Lipinski definition) is 4. The second kappa shape index (κ2) is 6.26. The molecule has 0 saturated heterocycles. The number of hydrogen-bond donors (Lipinski definition) is 2. The molecule has 126 valence electrons. The van der Waals surface area contributed by atoms with Gasteiger partial charge in [0.05, 0.1) is 12.8 Å². The number of ether oxygens (including phenoxy) is 1. The molecule has 1 amide bonds. The highest BCUT2D eigenvalue weighted by atomic mass is 32.1. The topological polar surface area (TPSA) is 58.6 Å². The summed E-state index contributed by atoms with van der Waals surface area (Å²) < 4.78 is 5.21. The molecule has 0 aliphatic carbocycles. The van der Waals surface area contributed by atoms with Crippen LogP contribution >= 0.6 is 11.3 Å². The van der Waals surface area contributed by atoms with Crippen LogP contribution in [-0.2, 0) is 4.79 Å². The molecule has 1 aliphatic rings. The number of thiophene rings is 1. The van der Waals surface area contributed by atoms with Gasteiger partial charge in [-0.05, 0) is 35.4 Å². The highest BCUT2D eigenvalue weighted by Gasteiger charge is 2.30. The molecule has 25 heavy (non-hydrogen) atoms. The number of phenols is 1. The normalized spacial score (nSPS) is 16.2. The van der Waals surface area contributed by atoms with Crippen LogP contribution in [0.1, 0.15) is 22.8 Å². The first-order valence-electron chi connectivity index (χ1n) is 8.00. The summed E-state index contributed by atoms with van der Waals surface area (Å²) in [4.78, 5) is 13.4. The van der Waals surface area contributed by atoms with Crippen molar-refractivity contribution in [2.75, 3.05) is 12.4 Å². The van der Waals surface area contributed by atoms with Gasteiger partial charge in [-0.3, -0.25) is 4.79 Å². The van der Waals surface area contributed by atoms with Crippen LogP contribution in [0, 0.1) is 0 Å². The van der Waals surface area contributed by atoms with Crippen molar-refractivity contribution in [3.8, 4) is 22.6 Å². The number of anilines is 1. The number of amides is 1. The second-order valence-corrected chi connectivity index (χ2v) is 6.92. The molecule has 1 aromatic heterocycles. The maximum absolute atomic E-state index is 12.3. The summed E-state index contributed by atoms with van der Waals surface area (Å²) in [5, 5.41) is 14.6. The third-order valence-corrected chi connectivity index (χ3v) is 5.58. The molecule has 0 saturated carbocycles. The van der Waals surface area contributed by atoms with Crippen molar-refractivity contribution in [3.63, 3.8) is 0 Å². The van der Waals surface area contributed by atoms with E-state index in [1.165, 1.54) is 0 Å². The number of aromatic hydroxyl groups is 1. The number of phenolic OH excluding ortho intramolecular Hbond substituents is 1. The Balaban J connectivity index is 1.76. The van der Waals surface area contributed by atoms with Gasteiger partial charge >= 0.3 is 0 Å². The Morgan fingerprint density at radius 2 is 1.84 bits per heavy atom. The van der Waals surface area contributed by atoms with Crippen molar-refractivity contribution in [3.05, 3.63) is 64.4 Å². The molecule has 5 heteroatoms. The van der Waals surface area contributed by atoms with Gasteiger partial charge in [0, 0.05) is 28.2 Å². The first kappa shape index (κ1) is 15.7. The first-order valence-corrected chi connectivity index (χ1v) is 8.88. The van der Waals surface area contributed by atoms with E-state index in [1.54, 1.807) is 30.6 Å². The van der Waals surface area contributed by atoms with Crippen LogP contribution < -0.4 is 10.1 Å². The van der Waals surface area contributed by atoms with Gasteiger partial charge in [-0.2, -0.15) is 0 Å². The average Bonchev–Trinajstić information content (AvgIpc) is 3.05. The van der Waals surface area contributed by atoms with E-state index in [2.05, 4.69) is 10.7 Å². The van der Waals surface area contributed by atoms with Gasteiger partial charge in [0.2, 0.25) is 5.91 Å². The molecule has 0 fully saturated rings. The summed E-state index contributed by atoms with van der Waals surface area (Å²) in [5.74, 6) is 1.06. The van der Waals surface area contributed by atoms with Crippen LogP contribution in [0.5, 0.6) is 11.5 Å². The molecular weight excluding hydrogens is 334 g/mol. The largest absolute Gasteiger partial charge is 0.508 e. The molecule has 2 heterocycles. The third-order valence-electron chi connectivity index (χ3n) is 4.49. The van der Waals surface area contributed by atoms with Crippen LogP contribution in [0.15, 0.2) is 53.9 Å². The van der Waals surface area contributed by atoms with Gasteiger partial charge in [-0.25, -0.2) is 0 Å². The summed E-state index contributed by atoms with van der Waals surface area (Å²) in [5.41, 5.74) is 4.01. The summed E-state index contributed by atoms with van der Waals surface area (Å²) >= 11 is 1.66. The number of nitrogens with one attached hydrogen (secondary N) is 1. The van der Waals surface area contributed by atoms with Crippen molar-refractivity contribution < 1.29 is 14.6 Å². The van der Waals surface area contributed by atoms with E-state index in [9.17, 15) is 9.90 Å². The lowest BCUT2D eigenvalue weighted by atomic mass is 9.89. The minimum atomic E-state index is 0.0127. The SMILES string of the molecule is COc1ccc(-c2csc3c2NC(=O)C[C@H]3c2ccc(O)cc2)cc1. The fraction of sp³-hybridized carbons (Fsp3) is 0.150.